The summed E-state index contributed by atoms with van der Waals surface area (Å²) in [5.74, 6) is -0.462. The molecule has 0 saturated carbocycles. The number of nitrogens with two attached hydrogens (primary N) is 1. The lowest BCUT2D eigenvalue weighted by molar-refractivity contribution is -0.115. The van der Waals surface area contributed by atoms with Gasteiger partial charge >= 0.3 is 0 Å². The number of fused-ring (bicyclic) bond motifs is 1. The largest absolute Gasteiger partial charge is 0.366 e. The van der Waals surface area contributed by atoms with E-state index in [0.717, 1.165) is 0 Å². The van der Waals surface area contributed by atoms with Crippen molar-refractivity contribution in [3.63, 3.8) is 0 Å². The highest BCUT2D eigenvalue weighted by atomic mass is 32.2. The van der Waals surface area contributed by atoms with Crippen LogP contribution in [0.25, 0.3) is 0 Å². The number of hydrogen-bond donors (Lipinski definition) is 2. The summed E-state index contributed by atoms with van der Waals surface area (Å²) in [4.78, 5) is 16.2. The standard InChI is InChI=1S/C14H14FN5OS/c1-7-10(12(16)21)11(8-4-3-5-9(15)6-8)20-13(17-7)18-14(19-20)22-2/h3-6,11H,1-2H3,(H2,16,21)(H,17,18,19). The van der Waals surface area contributed by atoms with Crippen LogP contribution in [0.2, 0.25) is 0 Å². The van der Waals surface area contributed by atoms with E-state index in [1.807, 2.05) is 6.26 Å². The third kappa shape index (κ3) is 2.35. The van der Waals surface area contributed by atoms with E-state index < -0.39 is 11.9 Å². The van der Waals surface area contributed by atoms with Crippen molar-refractivity contribution in [2.45, 2.75) is 18.1 Å². The highest BCUT2D eigenvalue weighted by Crippen LogP contribution is 2.35. The summed E-state index contributed by atoms with van der Waals surface area (Å²) in [6, 6.07) is 5.45. The third-order valence-corrected chi connectivity index (χ3v) is 3.98. The summed E-state index contributed by atoms with van der Waals surface area (Å²) in [6.07, 6.45) is 1.85. The molecule has 1 aliphatic heterocycles. The Morgan fingerprint density at radius 2 is 2.27 bits per heavy atom. The minimum atomic E-state index is -0.599. The zero-order valence-electron chi connectivity index (χ0n) is 12.0. The fourth-order valence-electron chi connectivity index (χ4n) is 2.52. The van der Waals surface area contributed by atoms with Crippen molar-refractivity contribution in [1.82, 2.24) is 14.8 Å². The molecular weight excluding hydrogens is 305 g/mol. The van der Waals surface area contributed by atoms with Crippen molar-refractivity contribution >= 4 is 23.6 Å². The minimum absolute atomic E-state index is 0.343. The number of nitrogens with zero attached hydrogens (tertiary/aromatic N) is 3. The van der Waals surface area contributed by atoms with E-state index in [2.05, 4.69) is 15.4 Å². The van der Waals surface area contributed by atoms with Crippen LogP contribution in [0.1, 0.15) is 18.5 Å². The highest BCUT2D eigenvalue weighted by Gasteiger charge is 2.33. The third-order valence-electron chi connectivity index (χ3n) is 3.45. The number of aromatic nitrogens is 3. The normalized spacial score (nSPS) is 17.1. The Morgan fingerprint density at radius 3 is 2.91 bits per heavy atom. The second-order valence-corrected chi connectivity index (χ2v) is 5.63. The Balaban J connectivity index is 2.22. The predicted molar refractivity (Wildman–Crippen MR) is 81.9 cm³/mol. The summed E-state index contributed by atoms with van der Waals surface area (Å²) in [7, 11) is 0. The maximum atomic E-state index is 13.6. The summed E-state index contributed by atoms with van der Waals surface area (Å²) < 4.78 is 15.2. The molecule has 3 N–H and O–H groups in total. The zero-order chi connectivity index (χ0) is 15.9. The Hall–Kier alpha value is -2.35. The predicted octanol–water partition coefficient (Wildman–Crippen LogP) is 1.91. The first-order chi connectivity index (χ1) is 10.5. The van der Waals surface area contributed by atoms with Crippen molar-refractivity contribution in [3.05, 3.63) is 46.9 Å². The van der Waals surface area contributed by atoms with E-state index in [1.165, 1.54) is 23.9 Å². The topological polar surface area (TPSA) is 85.8 Å². The molecule has 0 aliphatic carbocycles. The van der Waals surface area contributed by atoms with Crippen molar-refractivity contribution < 1.29 is 9.18 Å². The Kier molecular flexibility index (Phi) is 3.61. The van der Waals surface area contributed by atoms with Gasteiger partial charge in [0.1, 0.15) is 11.9 Å². The Morgan fingerprint density at radius 1 is 1.50 bits per heavy atom. The number of nitrogens with one attached hydrogen (secondary N) is 1. The molecule has 1 aromatic carbocycles. The molecule has 8 heteroatoms. The Labute approximate surface area is 130 Å². The van der Waals surface area contributed by atoms with Gasteiger partial charge in [0.15, 0.2) is 0 Å². The van der Waals surface area contributed by atoms with Gasteiger partial charge in [0.2, 0.25) is 17.0 Å². The molecular formula is C14H14FN5OS. The molecule has 0 spiro atoms. The number of carbonyl (C=O) groups is 1. The smallest absolute Gasteiger partial charge is 0.248 e. The van der Waals surface area contributed by atoms with Gasteiger partial charge < -0.3 is 11.1 Å². The molecule has 0 saturated heterocycles. The van der Waals surface area contributed by atoms with Crippen molar-refractivity contribution in [2.24, 2.45) is 5.73 Å². The monoisotopic (exact) mass is 319 g/mol. The first-order valence-electron chi connectivity index (χ1n) is 6.55. The van der Waals surface area contributed by atoms with Gasteiger partial charge in [0.25, 0.3) is 0 Å². The van der Waals surface area contributed by atoms with Gasteiger partial charge in [-0.1, -0.05) is 23.9 Å². The van der Waals surface area contributed by atoms with Crippen LogP contribution in [0.15, 0.2) is 40.7 Å². The van der Waals surface area contributed by atoms with Gasteiger partial charge in [-0.2, -0.15) is 4.98 Å². The average molecular weight is 319 g/mol. The van der Waals surface area contributed by atoms with Gasteiger partial charge in [-0.15, -0.1) is 5.10 Å². The summed E-state index contributed by atoms with van der Waals surface area (Å²) in [6.45, 7) is 1.74. The molecule has 3 rings (SSSR count). The summed E-state index contributed by atoms with van der Waals surface area (Å²) >= 11 is 1.38. The van der Waals surface area contributed by atoms with Gasteiger partial charge in [-0.25, -0.2) is 9.07 Å². The van der Waals surface area contributed by atoms with E-state index in [4.69, 9.17) is 5.73 Å². The number of thioether (sulfide) groups is 1. The van der Waals surface area contributed by atoms with Gasteiger partial charge in [-0.3, -0.25) is 4.79 Å². The second-order valence-electron chi connectivity index (χ2n) is 4.85. The van der Waals surface area contributed by atoms with Gasteiger partial charge in [0, 0.05) is 5.70 Å². The quantitative estimate of drug-likeness (QED) is 0.844. The van der Waals surface area contributed by atoms with E-state index in [0.29, 0.717) is 27.9 Å². The maximum absolute atomic E-state index is 13.6. The molecule has 1 aliphatic rings. The maximum Gasteiger partial charge on any atom is 0.248 e. The van der Waals surface area contributed by atoms with Gasteiger partial charge in [0.05, 0.1) is 5.57 Å². The van der Waals surface area contributed by atoms with Gasteiger partial charge in [-0.05, 0) is 30.9 Å². The van der Waals surface area contributed by atoms with Crippen LogP contribution in [-0.2, 0) is 4.79 Å². The fourth-order valence-corrected chi connectivity index (χ4v) is 2.87. The molecule has 0 radical (unpaired) electrons. The van der Waals surface area contributed by atoms with Crippen molar-refractivity contribution in [1.29, 1.82) is 0 Å². The number of allylic oxidation sites excluding steroid dienone is 1. The van der Waals surface area contributed by atoms with Crippen LogP contribution in [0.3, 0.4) is 0 Å². The van der Waals surface area contributed by atoms with E-state index in [-0.39, 0.29) is 5.82 Å². The van der Waals surface area contributed by atoms with Crippen LogP contribution in [0, 0.1) is 5.82 Å². The highest BCUT2D eigenvalue weighted by molar-refractivity contribution is 7.98. The lowest BCUT2D eigenvalue weighted by Crippen LogP contribution is -2.31. The van der Waals surface area contributed by atoms with Crippen LogP contribution in [0.4, 0.5) is 10.3 Å². The molecule has 1 amide bonds. The lowest BCUT2D eigenvalue weighted by atomic mass is 9.95. The number of rotatable bonds is 3. The molecule has 1 aromatic heterocycles. The minimum Gasteiger partial charge on any atom is -0.366 e. The summed E-state index contributed by atoms with van der Waals surface area (Å²) in [5.41, 5.74) is 7.05. The van der Waals surface area contributed by atoms with Crippen molar-refractivity contribution in [2.75, 3.05) is 11.6 Å². The molecule has 114 valence electrons. The number of halogens is 1. The Bertz CT molecular complexity index is 785. The molecule has 1 unspecified atom stereocenters. The number of benzene rings is 1. The average Bonchev–Trinajstić information content (AvgIpc) is 2.87. The molecule has 22 heavy (non-hydrogen) atoms. The number of carbonyl (C=O) groups excluding carboxylic acids is 1. The zero-order valence-corrected chi connectivity index (χ0v) is 12.8. The SMILES string of the molecule is CSc1nc2n(n1)C(c1cccc(F)c1)C(C(N)=O)=C(C)N2. The van der Waals surface area contributed by atoms with E-state index >= 15 is 0 Å². The molecule has 2 aromatic rings. The van der Waals surface area contributed by atoms with E-state index in [9.17, 15) is 9.18 Å². The molecule has 2 heterocycles. The van der Waals surface area contributed by atoms with Crippen LogP contribution in [-0.4, -0.2) is 26.9 Å². The number of amides is 1. The second kappa shape index (κ2) is 5.45. The van der Waals surface area contributed by atoms with E-state index in [1.54, 1.807) is 23.7 Å². The lowest BCUT2D eigenvalue weighted by Gasteiger charge is -2.27. The summed E-state index contributed by atoms with van der Waals surface area (Å²) in [5, 5.41) is 7.94. The van der Waals surface area contributed by atoms with Crippen LogP contribution in [0.5, 0.6) is 0 Å². The molecule has 1 atom stereocenters. The number of primary amides is 1. The number of anilines is 1. The molecule has 6 nitrogen and oxygen atoms in total. The molecule has 0 bridgehead atoms. The number of hydrogen-bond acceptors (Lipinski definition) is 5. The fraction of sp³-hybridized carbons (Fsp3) is 0.214. The van der Waals surface area contributed by atoms with Crippen molar-refractivity contribution in [3.8, 4) is 0 Å². The first-order valence-corrected chi connectivity index (χ1v) is 7.77. The molecule has 0 fully saturated rings. The first kappa shape index (κ1) is 14.6. The van der Waals surface area contributed by atoms with Crippen LogP contribution < -0.4 is 11.1 Å². The van der Waals surface area contributed by atoms with Crippen LogP contribution >= 0.6 is 11.8 Å².